The lowest BCUT2D eigenvalue weighted by Gasteiger charge is -2.09. The van der Waals surface area contributed by atoms with Crippen LogP contribution in [-0.4, -0.2) is 5.91 Å². The van der Waals surface area contributed by atoms with Crippen LogP contribution in [0, 0.1) is 14.9 Å². The predicted octanol–water partition coefficient (Wildman–Crippen LogP) is 5.86. The second-order valence-electron chi connectivity index (χ2n) is 6.44. The predicted molar refractivity (Wildman–Crippen MR) is 130 cm³/mol. The molecular weight excluding hydrogens is 555 g/mol. The van der Waals surface area contributed by atoms with Crippen LogP contribution in [0.15, 0.2) is 82.8 Å². The van der Waals surface area contributed by atoms with Crippen LogP contribution in [0.25, 0.3) is 6.08 Å². The number of amides is 1. The van der Waals surface area contributed by atoms with Gasteiger partial charge in [-0.3, -0.25) is 4.79 Å². The van der Waals surface area contributed by atoms with E-state index in [0.717, 1.165) is 30.5 Å². The van der Waals surface area contributed by atoms with Crippen molar-refractivity contribution in [2.45, 2.75) is 13.2 Å². The molecule has 1 N–H and O–H groups in total. The fraction of sp³-hybridized carbons (Fsp3) is 0.0833. The molecule has 0 aliphatic heterocycles. The van der Waals surface area contributed by atoms with Gasteiger partial charge in [-0.2, -0.15) is 5.26 Å². The molecule has 0 heterocycles. The van der Waals surface area contributed by atoms with Crippen LogP contribution in [0.1, 0.15) is 16.7 Å². The fourth-order valence-electron chi connectivity index (χ4n) is 2.65. The Bertz CT molecular complexity index is 1090. The van der Waals surface area contributed by atoms with Crippen molar-refractivity contribution in [3.63, 3.8) is 0 Å². The quantitative estimate of drug-likeness (QED) is 0.219. The first kappa shape index (κ1) is 22.1. The van der Waals surface area contributed by atoms with Crippen LogP contribution in [0.3, 0.4) is 0 Å². The summed E-state index contributed by atoms with van der Waals surface area (Å²) in [5.41, 5.74) is 2.87. The minimum absolute atomic E-state index is 0.0604. The molecule has 0 bridgehead atoms. The Labute approximate surface area is 197 Å². The number of ether oxygens (including phenoxy) is 1. The van der Waals surface area contributed by atoms with Gasteiger partial charge >= 0.3 is 0 Å². The van der Waals surface area contributed by atoms with E-state index in [4.69, 9.17) is 4.74 Å². The molecule has 6 heteroatoms. The van der Waals surface area contributed by atoms with Crippen molar-refractivity contribution in [2.24, 2.45) is 0 Å². The molecule has 4 nitrogen and oxygen atoms in total. The molecule has 0 saturated carbocycles. The van der Waals surface area contributed by atoms with Crippen molar-refractivity contribution in [3.8, 4) is 11.8 Å². The maximum atomic E-state index is 12.4. The summed E-state index contributed by atoms with van der Waals surface area (Å²) in [4.78, 5) is 12.4. The monoisotopic (exact) mass is 572 g/mol. The van der Waals surface area contributed by atoms with Crippen molar-refractivity contribution in [3.05, 3.63) is 103 Å². The van der Waals surface area contributed by atoms with Crippen molar-refractivity contribution in [1.82, 2.24) is 5.32 Å². The second-order valence-corrected chi connectivity index (χ2v) is 8.52. The summed E-state index contributed by atoms with van der Waals surface area (Å²) in [6.45, 7) is 0.836. The van der Waals surface area contributed by atoms with E-state index in [1.54, 1.807) is 6.08 Å². The first-order valence-corrected chi connectivity index (χ1v) is 11.0. The van der Waals surface area contributed by atoms with Crippen molar-refractivity contribution >= 4 is 50.5 Å². The van der Waals surface area contributed by atoms with E-state index in [1.807, 2.05) is 78.9 Å². The van der Waals surface area contributed by atoms with E-state index < -0.39 is 5.91 Å². The number of carbonyl (C=O) groups excluding carboxylic acids is 1. The number of hydrogen-bond donors (Lipinski definition) is 1. The third-order valence-electron chi connectivity index (χ3n) is 4.24. The van der Waals surface area contributed by atoms with Crippen molar-refractivity contribution in [1.29, 1.82) is 5.26 Å². The van der Waals surface area contributed by atoms with Crippen molar-refractivity contribution in [2.75, 3.05) is 0 Å². The van der Waals surface area contributed by atoms with Gasteiger partial charge in [0.25, 0.3) is 5.91 Å². The molecule has 1 amide bonds. The number of hydrogen-bond acceptors (Lipinski definition) is 3. The summed E-state index contributed by atoms with van der Waals surface area (Å²) in [6.07, 6.45) is 1.58. The van der Waals surface area contributed by atoms with Gasteiger partial charge in [0.15, 0.2) is 0 Å². The van der Waals surface area contributed by atoms with E-state index in [-0.39, 0.29) is 5.57 Å². The molecule has 30 heavy (non-hydrogen) atoms. The number of carbonyl (C=O) groups is 1. The average molecular weight is 573 g/mol. The summed E-state index contributed by atoms with van der Waals surface area (Å²) in [6, 6.07) is 25.1. The zero-order valence-electron chi connectivity index (χ0n) is 15.9. The maximum absolute atomic E-state index is 12.4. The normalized spacial score (nSPS) is 10.9. The van der Waals surface area contributed by atoms with Crippen LogP contribution in [0.2, 0.25) is 0 Å². The van der Waals surface area contributed by atoms with Gasteiger partial charge in [-0.15, -0.1) is 0 Å². The molecule has 0 spiro atoms. The van der Waals surface area contributed by atoms with E-state index in [2.05, 4.69) is 43.8 Å². The number of benzene rings is 3. The van der Waals surface area contributed by atoms with Gasteiger partial charge in [0, 0.05) is 11.0 Å². The molecule has 3 rings (SSSR count). The van der Waals surface area contributed by atoms with Crippen LogP contribution >= 0.6 is 38.5 Å². The molecule has 0 aliphatic carbocycles. The van der Waals surface area contributed by atoms with Gasteiger partial charge < -0.3 is 10.1 Å². The van der Waals surface area contributed by atoms with Crippen molar-refractivity contribution < 1.29 is 9.53 Å². The van der Waals surface area contributed by atoms with Gasteiger partial charge in [-0.05, 0) is 69.6 Å². The Morgan fingerprint density at radius 3 is 2.47 bits per heavy atom. The number of nitrogens with zero attached hydrogens (tertiary/aromatic N) is 1. The summed E-state index contributed by atoms with van der Waals surface area (Å²) < 4.78 is 7.83. The zero-order chi connectivity index (χ0) is 21.3. The summed E-state index contributed by atoms with van der Waals surface area (Å²) in [5.74, 6) is 0.356. The highest BCUT2D eigenvalue weighted by Gasteiger charge is 2.10. The number of nitriles is 1. The topological polar surface area (TPSA) is 62.1 Å². The van der Waals surface area contributed by atoms with Crippen LogP contribution < -0.4 is 10.1 Å². The standard InChI is InChI=1S/C24H18BrIN2O2/c25-21-9-6-18(7-10-21)16-30-23-11-8-19(13-22(23)26)12-20(14-27)24(29)28-15-17-4-2-1-3-5-17/h1-13H,15-16H2,(H,28,29)/b20-12-. The van der Waals surface area contributed by atoms with Gasteiger partial charge in [0.05, 0.1) is 3.57 Å². The van der Waals surface area contributed by atoms with Crippen LogP contribution in [0.4, 0.5) is 0 Å². The molecule has 0 fully saturated rings. The Kier molecular flexibility index (Phi) is 8.05. The summed E-state index contributed by atoms with van der Waals surface area (Å²) in [5, 5.41) is 12.2. The zero-order valence-corrected chi connectivity index (χ0v) is 19.7. The smallest absolute Gasteiger partial charge is 0.262 e. The second kappa shape index (κ2) is 11.0. The van der Waals surface area contributed by atoms with E-state index in [0.29, 0.717) is 13.2 Å². The first-order valence-electron chi connectivity index (χ1n) is 9.16. The molecule has 3 aromatic rings. The Hall–Kier alpha value is -2.63. The third kappa shape index (κ3) is 6.44. The number of nitrogens with one attached hydrogen (secondary N) is 1. The van der Waals surface area contributed by atoms with E-state index >= 15 is 0 Å². The Morgan fingerprint density at radius 2 is 1.80 bits per heavy atom. The van der Waals surface area contributed by atoms with E-state index in [1.165, 1.54) is 0 Å². The maximum Gasteiger partial charge on any atom is 0.262 e. The lowest BCUT2D eigenvalue weighted by atomic mass is 10.1. The molecule has 0 aromatic heterocycles. The lowest BCUT2D eigenvalue weighted by molar-refractivity contribution is -0.117. The largest absolute Gasteiger partial charge is 0.488 e. The minimum atomic E-state index is -0.396. The highest BCUT2D eigenvalue weighted by atomic mass is 127. The summed E-state index contributed by atoms with van der Waals surface area (Å²) in [7, 11) is 0. The molecular formula is C24H18BrIN2O2. The molecule has 0 radical (unpaired) electrons. The molecule has 150 valence electrons. The van der Waals surface area contributed by atoms with Crippen LogP contribution in [-0.2, 0) is 17.9 Å². The number of rotatable bonds is 7. The highest BCUT2D eigenvalue weighted by molar-refractivity contribution is 14.1. The van der Waals surface area contributed by atoms with Gasteiger partial charge in [0.2, 0.25) is 0 Å². The highest BCUT2D eigenvalue weighted by Crippen LogP contribution is 2.24. The van der Waals surface area contributed by atoms with Gasteiger partial charge in [-0.1, -0.05) is 64.5 Å². The molecule has 3 aromatic carbocycles. The minimum Gasteiger partial charge on any atom is -0.488 e. The van der Waals surface area contributed by atoms with Gasteiger partial charge in [-0.25, -0.2) is 0 Å². The van der Waals surface area contributed by atoms with Gasteiger partial charge in [0.1, 0.15) is 24.0 Å². The summed E-state index contributed by atoms with van der Waals surface area (Å²) >= 11 is 5.61. The Morgan fingerprint density at radius 1 is 1.07 bits per heavy atom. The average Bonchev–Trinajstić information content (AvgIpc) is 2.77. The number of halogens is 2. The fourth-order valence-corrected chi connectivity index (χ4v) is 3.61. The third-order valence-corrected chi connectivity index (χ3v) is 5.61. The van der Waals surface area contributed by atoms with E-state index in [9.17, 15) is 10.1 Å². The lowest BCUT2D eigenvalue weighted by Crippen LogP contribution is -2.23. The molecule has 0 aliphatic rings. The molecule has 0 atom stereocenters. The molecule has 0 unspecified atom stereocenters. The first-order chi connectivity index (χ1) is 14.5. The van der Waals surface area contributed by atoms with Crippen LogP contribution in [0.5, 0.6) is 5.75 Å². The Balaban J connectivity index is 1.64. The molecule has 0 saturated heterocycles. The SMILES string of the molecule is N#C/C(=C/c1ccc(OCc2ccc(Br)cc2)c(I)c1)C(=O)NCc1ccccc1.